The van der Waals surface area contributed by atoms with Gasteiger partial charge in [0.2, 0.25) is 12.7 Å². The molecule has 0 N–H and O–H groups in total. The third-order valence-electron chi connectivity index (χ3n) is 7.42. The van der Waals surface area contributed by atoms with E-state index in [4.69, 9.17) is 14.2 Å². The van der Waals surface area contributed by atoms with E-state index in [1.807, 2.05) is 66.7 Å². The summed E-state index contributed by atoms with van der Waals surface area (Å²) in [5, 5.41) is 8.85. The Hall–Kier alpha value is -5.12. The standard InChI is InChI=1S/C32H31N5O5/c1-40-26-9-5-8-24(18-26)27-11-13-30(34-33-27)35-14-16-36(17-15-35)31(38)21-37(20-23-6-3-2-4-7-23)32(39)25-10-12-28-29(19-25)42-22-41-28/h2-13,18-19H,14-17,20-22H2,1H3. The number of hydrogen-bond donors (Lipinski definition) is 0. The van der Waals surface area contributed by atoms with Gasteiger partial charge in [-0.3, -0.25) is 9.59 Å². The van der Waals surface area contributed by atoms with Crippen LogP contribution in [0.4, 0.5) is 5.82 Å². The fourth-order valence-corrected chi connectivity index (χ4v) is 5.09. The van der Waals surface area contributed by atoms with Crippen molar-refractivity contribution in [3.8, 4) is 28.5 Å². The number of hydrogen-bond acceptors (Lipinski definition) is 8. The number of methoxy groups -OCH3 is 1. The summed E-state index contributed by atoms with van der Waals surface area (Å²) in [4.78, 5) is 32.6. The first-order valence-corrected chi connectivity index (χ1v) is 13.8. The van der Waals surface area contributed by atoms with E-state index in [0.29, 0.717) is 49.8 Å². The molecule has 2 aliphatic rings. The minimum atomic E-state index is -0.240. The Morgan fingerprint density at radius 1 is 0.857 bits per heavy atom. The lowest BCUT2D eigenvalue weighted by Gasteiger charge is -2.36. The first-order valence-electron chi connectivity index (χ1n) is 13.8. The van der Waals surface area contributed by atoms with E-state index >= 15 is 0 Å². The first kappa shape index (κ1) is 27.1. The second-order valence-electron chi connectivity index (χ2n) is 10.1. The largest absolute Gasteiger partial charge is 0.497 e. The molecule has 1 fully saturated rings. The molecule has 6 rings (SSSR count). The molecule has 0 spiro atoms. The zero-order valence-corrected chi connectivity index (χ0v) is 23.3. The number of carbonyl (C=O) groups is 2. The van der Waals surface area contributed by atoms with Crippen LogP contribution in [0.25, 0.3) is 11.3 Å². The van der Waals surface area contributed by atoms with Crippen molar-refractivity contribution in [1.82, 2.24) is 20.0 Å². The molecule has 42 heavy (non-hydrogen) atoms. The van der Waals surface area contributed by atoms with Crippen LogP contribution >= 0.6 is 0 Å². The van der Waals surface area contributed by atoms with E-state index in [1.54, 1.807) is 35.1 Å². The molecule has 1 saturated heterocycles. The van der Waals surface area contributed by atoms with Crippen molar-refractivity contribution in [2.45, 2.75) is 6.54 Å². The smallest absolute Gasteiger partial charge is 0.254 e. The zero-order valence-electron chi connectivity index (χ0n) is 23.3. The number of anilines is 1. The second-order valence-corrected chi connectivity index (χ2v) is 10.1. The molecule has 0 aliphatic carbocycles. The summed E-state index contributed by atoms with van der Waals surface area (Å²) in [5.41, 5.74) is 3.08. The normalized spacial score (nSPS) is 14.0. The molecule has 0 atom stereocenters. The van der Waals surface area contributed by atoms with Gasteiger partial charge in [0.25, 0.3) is 5.91 Å². The fraction of sp³-hybridized carbons (Fsp3) is 0.250. The Morgan fingerprint density at radius 3 is 2.43 bits per heavy atom. The van der Waals surface area contributed by atoms with Crippen LogP contribution in [-0.2, 0) is 11.3 Å². The van der Waals surface area contributed by atoms with E-state index in [9.17, 15) is 9.59 Å². The van der Waals surface area contributed by atoms with Crippen molar-refractivity contribution >= 4 is 17.6 Å². The molecule has 10 heteroatoms. The highest BCUT2D eigenvalue weighted by Crippen LogP contribution is 2.33. The summed E-state index contributed by atoms with van der Waals surface area (Å²) in [7, 11) is 1.64. The molecule has 1 aromatic heterocycles. The summed E-state index contributed by atoms with van der Waals surface area (Å²) >= 11 is 0. The van der Waals surface area contributed by atoms with Gasteiger partial charge >= 0.3 is 0 Å². The van der Waals surface area contributed by atoms with Gasteiger partial charge in [-0.15, -0.1) is 10.2 Å². The molecule has 0 bridgehead atoms. The van der Waals surface area contributed by atoms with Crippen molar-refractivity contribution in [2.24, 2.45) is 0 Å². The average Bonchev–Trinajstić information content (AvgIpc) is 3.53. The maximum Gasteiger partial charge on any atom is 0.254 e. The van der Waals surface area contributed by atoms with Crippen molar-refractivity contribution in [3.05, 3.63) is 96.1 Å². The third-order valence-corrected chi connectivity index (χ3v) is 7.42. The van der Waals surface area contributed by atoms with E-state index in [2.05, 4.69) is 15.1 Å². The molecule has 0 unspecified atom stereocenters. The molecular formula is C32H31N5O5. The highest BCUT2D eigenvalue weighted by atomic mass is 16.7. The molecule has 0 radical (unpaired) electrons. The predicted molar refractivity (Wildman–Crippen MR) is 157 cm³/mol. The van der Waals surface area contributed by atoms with E-state index < -0.39 is 0 Å². The number of benzene rings is 3. The van der Waals surface area contributed by atoms with Crippen LogP contribution in [0.15, 0.2) is 84.9 Å². The number of fused-ring (bicyclic) bond motifs is 1. The predicted octanol–water partition coefficient (Wildman–Crippen LogP) is 3.87. The fourth-order valence-electron chi connectivity index (χ4n) is 5.09. The molecule has 3 heterocycles. The molecule has 4 aromatic rings. The van der Waals surface area contributed by atoms with E-state index in [1.165, 1.54) is 0 Å². The van der Waals surface area contributed by atoms with Crippen LogP contribution < -0.4 is 19.1 Å². The van der Waals surface area contributed by atoms with Gasteiger partial charge in [0.15, 0.2) is 17.3 Å². The number of rotatable bonds is 8. The Bertz CT molecular complexity index is 1560. The number of ether oxygens (including phenoxy) is 3. The topological polar surface area (TPSA) is 97.3 Å². The van der Waals surface area contributed by atoms with Gasteiger partial charge in [-0.25, -0.2) is 0 Å². The van der Waals surface area contributed by atoms with Gasteiger partial charge in [0.1, 0.15) is 12.3 Å². The van der Waals surface area contributed by atoms with E-state index in [0.717, 1.165) is 28.4 Å². The van der Waals surface area contributed by atoms with Gasteiger partial charge in [-0.1, -0.05) is 42.5 Å². The van der Waals surface area contributed by atoms with Crippen LogP contribution in [0.3, 0.4) is 0 Å². The maximum atomic E-state index is 13.6. The summed E-state index contributed by atoms with van der Waals surface area (Å²) < 4.78 is 16.2. The van der Waals surface area contributed by atoms with Crippen LogP contribution in [0.2, 0.25) is 0 Å². The quantitative estimate of drug-likeness (QED) is 0.318. The molecule has 2 amide bonds. The highest BCUT2D eigenvalue weighted by molar-refractivity contribution is 5.97. The lowest BCUT2D eigenvalue weighted by Crippen LogP contribution is -2.52. The van der Waals surface area contributed by atoms with E-state index in [-0.39, 0.29) is 25.2 Å². The molecule has 214 valence electrons. The van der Waals surface area contributed by atoms with Crippen LogP contribution in [0, 0.1) is 0 Å². The first-order chi connectivity index (χ1) is 20.6. The van der Waals surface area contributed by atoms with Crippen LogP contribution in [-0.4, -0.2) is 78.4 Å². The number of amides is 2. The van der Waals surface area contributed by atoms with Gasteiger partial charge in [0, 0.05) is 43.9 Å². The number of nitrogens with zero attached hydrogens (tertiary/aromatic N) is 5. The van der Waals surface area contributed by atoms with Gasteiger partial charge in [-0.2, -0.15) is 0 Å². The zero-order chi connectivity index (χ0) is 28.9. The SMILES string of the molecule is COc1cccc(-c2ccc(N3CCN(C(=O)CN(Cc4ccccc4)C(=O)c4ccc5c(c4)OCO5)CC3)nn2)c1. The Labute approximate surface area is 244 Å². The molecular weight excluding hydrogens is 534 g/mol. The summed E-state index contributed by atoms with van der Waals surface area (Å²) in [6.07, 6.45) is 0. The summed E-state index contributed by atoms with van der Waals surface area (Å²) in [5.74, 6) is 2.32. The monoisotopic (exact) mass is 565 g/mol. The molecule has 10 nitrogen and oxygen atoms in total. The van der Waals surface area contributed by atoms with Gasteiger partial charge in [-0.05, 0) is 48.0 Å². The Kier molecular flexibility index (Phi) is 7.85. The van der Waals surface area contributed by atoms with Crippen molar-refractivity contribution in [1.29, 1.82) is 0 Å². The summed E-state index contributed by atoms with van der Waals surface area (Å²) in [6.45, 7) is 2.70. The minimum Gasteiger partial charge on any atom is -0.497 e. The summed E-state index contributed by atoms with van der Waals surface area (Å²) in [6, 6.07) is 26.4. The van der Waals surface area contributed by atoms with Gasteiger partial charge < -0.3 is 28.9 Å². The Balaban J connectivity index is 1.10. The second kappa shape index (κ2) is 12.2. The lowest BCUT2D eigenvalue weighted by atomic mass is 10.1. The molecule has 0 saturated carbocycles. The lowest BCUT2D eigenvalue weighted by molar-refractivity contribution is -0.132. The third kappa shape index (κ3) is 5.97. The van der Waals surface area contributed by atoms with Crippen molar-refractivity contribution in [3.63, 3.8) is 0 Å². The number of carbonyl (C=O) groups excluding carboxylic acids is 2. The Morgan fingerprint density at radius 2 is 1.67 bits per heavy atom. The molecule has 2 aliphatic heterocycles. The van der Waals surface area contributed by atoms with Crippen molar-refractivity contribution < 1.29 is 23.8 Å². The van der Waals surface area contributed by atoms with Crippen molar-refractivity contribution in [2.75, 3.05) is 51.5 Å². The maximum absolute atomic E-state index is 13.6. The van der Waals surface area contributed by atoms with Crippen LogP contribution in [0.5, 0.6) is 17.2 Å². The number of aromatic nitrogens is 2. The number of piperazine rings is 1. The molecule has 3 aromatic carbocycles. The van der Waals surface area contributed by atoms with Gasteiger partial charge in [0.05, 0.1) is 12.8 Å². The minimum absolute atomic E-state index is 0.0305. The highest BCUT2D eigenvalue weighted by Gasteiger charge is 2.27. The average molecular weight is 566 g/mol. The van der Waals surface area contributed by atoms with Crippen LogP contribution in [0.1, 0.15) is 15.9 Å².